The first-order valence-electron chi connectivity index (χ1n) is 8.64. The van der Waals surface area contributed by atoms with Crippen LogP contribution in [0.5, 0.6) is 0 Å². The van der Waals surface area contributed by atoms with Gasteiger partial charge in [-0.2, -0.15) is 0 Å². The van der Waals surface area contributed by atoms with Crippen LogP contribution in [-0.4, -0.2) is 35.9 Å². The molecule has 0 saturated heterocycles. The van der Waals surface area contributed by atoms with E-state index in [0.29, 0.717) is 6.04 Å². The van der Waals surface area contributed by atoms with Crippen LogP contribution in [0.15, 0.2) is 24.3 Å². The van der Waals surface area contributed by atoms with Crippen LogP contribution in [0, 0.1) is 5.92 Å². The molecule has 1 aromatic heterocycles. The molecule has 0 spiro atoms. The van der Waals surface area contributed by atoms with Crippen molar-refractivity contribution in [1.82, 2.24) is 10.3 Å². The summed E-state index contributed by atoms with van der Waals surface area (Å²) in [5, 5.41) is 14.4. The second-order valence-electron chi connectivity index (χ2n) is 7.00. The number of hydrogen-bond acceptors (Lipinski definition) is 3. The molecule has 0 aliphatic carbocycles. The van der Waals surface area contributed by atoms with Gasteiger partial charge in [0.05, 0.1) is 12.3 Å². The van der Waals surface area contributed by atoms with Gasteiger partial charge in [0.1, 0.15) is 5.60 Å². The van der Waals surface area contributed by atoms with E-state index in [4.69, 9.17) is 4.74 Å². The minimum Gasteiger partial charge on any atom is -0.396 e. The third-order valence-electron chi connectivity index (χ3n) is 5.09. The highest BCUT2D eigenvalue weighted by Gasteiger charge is 2.42. The van der Waals surface area contributed by atoms with Crippen molar-refractivity contribution in [3.05, 3.63) is 35.5 Å². The van der Waals surface area contributed by atoms with Gasteiger partial charge in [0.2, 0.25) is 0 Å². The molecule has 4 heteroatoms. The van der Waals surface area contributed by atoms with E-state index in [1.165, 1.54) is 22.2 Å². The predicted octanol–water partition coefficient (Wildman–Crippen LogP) is 2.95. The molecule has 23 heavy (non-hydrogen) atoms. The van der Waals surface area contributed by atoms with Crippen LogP contribution in [-0.2, 0) is 16.8 Å². The van der Waals surface area contributed by atoms with Gasteiger partial charge in [0.15, 0.2) is 0 Å². The van der Waals surface area contributed by atoms with Gasteiger partial charge in [-0.3, -0.25) is 0 Å². The van der Waals surface area contributed by atoms with E-state index in [1.54, 1.807) is 0 Å². The Morgan fingerprint density at radius 2 is 2.13 bits per heavy atom. The molecule has 0 amide bonds. The van der Waals surface area contributed by atoms with Crippen molar-refractivity contribution in [1.29, 1.82) is 0 Å². The quantitative estimate of drug-likeness (QED) is 0.768. The number of hydrogen-bond donors (Lipinski definition) is 3. The van der Waals surface area contributed by atoms with E-state index >= 15 is 0 Å². The van der Waals surface area contributed by atoms with Gasteiger partial charge in [-0.1, -0.05) is 32.0 Å². The number of aromatic nitrogens is 1. The molecule has 0 bridgehead atoms. The van der Waals surface area contributed by atoms with Gasteiger partial charge in [-0.05, 0) is 31.4 Å². The number of aromatic amines is 1. The zero-order valence-electron chi connectivity index (χ0n) is 14.4. The van der Waals surface area contributed by atoms with Crippen LogP contribution in [0.3, 0.4) is 0 Å². The molecular weight excluding hydrogens is 288 g/mol. The normalized spacial score (nSPS) is 22.5. The Balaban J connectivity index is 2.00. The van der Waals surface area contributed by atoms with Crippen LogP contribution in [0.2, 0.25) is 0 Å². The smallest absolute Gasteiger partial charge is 0.109 e. The van der Waals surface area contributed by atoms with Gasteiger partial charge in [-0.15, -0.1) is 0 Å². The second-order valence-corrected chi connectivity index (χ2v) is 7.00. The molecule has 3 rings (SSSR count). The van der Waals surface area contributed by atoms with Crippen molar-refractivity contribution in [3.63, 3.8) is 0 Å². The van der Waals surface area contributed by atoms with Gasteiger partial charge in [0, 0.05) is 36.0 Å². The number of rotatable bonds is 6. The lowest BCUT2D eigenvalue weighted by Crippen LogP contribution is -2.45. The third kappa shape index (κ3) is 3.03. The van der Waals surface area contributed by atoms with Crippen LogP contribution < -0.4 is 5.32 Å². The standard InChI is InChI=1S/C19H28N2O2/c1-13(2)20-12-14(8-10-22)19(3)18-16(9-11-23-19)15-6-4-5-7-17(15)21-18/h4-7,13-14,20-22H,8-12H2,1-3H3. The van der Waals surface area contributed by atoms with E-state index in [1.807, 2.05) is 0 Å². The van der Waals surface area contributed by atoms with E-state index in [9.17, 15) is 5.11 Å². The zero-order chi connectivity index (χ0) is 16.4. The average molecular weight is 316 g/mol. The lowest BCUT2D eigenvalue weighted by Gasteiger charge is -2.41. The van der Waals surface area contributed by atoms with Crippen LogP contribution in [0.4, 0.5) is 0 Å². The monoisotopic (exact) mass is 316 g/mol. The number of aliphatic hydroxyl groups is 1. The van der Waals surface area contributed by atoms with Crippen molar-refractivity contribution < 1.29 is 9.84 Å². The number of ether oxygens (including phenoxy) is 1. The van der Waals surface area contributed by atoms with Gasteiger partial charge in [0.25, 0.3) is 0 Å². The Morgan fingerprint density at radius 1 is 1.35 bits per heavy atom. The maximum atomic E-state index is 9.54. The number of benzene rings is 1. The highest BCUT2D eigenvalue weighted by molar-refractivity contribution is 5.85. The van der Waals surface area contributed by atoms with Crippen LogP contribution >= 0.6 is 0 Å². The Kier molecular flexibility index (Phi) is 4.76. The Morgan fingerprint density at radius 3 is 2.87 bits per heavy atom. The van der Waals surface area contributed by atoms with Crippen LogP contribution in [0.25, 0.3) is 10.9 Å². The number of fused-ring (bicyclic) bond motifs is 3. The topological polar surface area (TPSA) is 57.3 Å². The highest BCUT2D eigenvalue weighted by Crippen LogP contribution is 2.42. The lowest BCUT2D eigenvalue weighted by atomic mass is 9.80. The molecule has 3 N–H and O–H groups in total. The molecule has 0 radical (unpaired) electrons. The molecule has 1 aliphatic heterocycles. The number of aliphatic hydroxyl groups excluding tert-OH is 1. The Hall–Kier alpha value is -1.36. The fourth-order valence-electron chi connectivity index (χ4n) is 3.75. The second kappa shape index (κ2) is 6.63. The largest absolute Gasteiger partial charge is 0.396 e. The molecule has 2 heterocycles. The number of H-pyrrole nitrogens is 1. The van der Waals surface area contributed by atoms with Crippen LogP contribution in [0.1, 0.15) is 38.4 Å². The first-order valence-corrected chi connectivity index (χ1v) is 8.64. The summed E-state index contributed by atoms with van der Waals surface area (Å²) in [6.07, 6.45) is 1.67. The summed E-state index contributed by atoms with van der Waals surface area (Å²) in [5.74, 6) is 0.224. The minimum atomic E-state index is -0.392. The molecule has 1 aliphatic rings. The fraction of sp³-hybridized carbons (Fsp3) is 0.579. The lowest BCUT2D eigenvalue weighted by molar-refractivity contribution is -0.0959. The highest BCUT2D eigenvalue weighted by atomic mass is 16.5. The van der Waals surface area contributed by atoms with Crippen molar-refractivity contribution in [2.75, 3.05) is 19.8 Å². The van der Waals surface area contributed by atoms with Crippen molar-refractivity contribution in [3.8, 4) is 0 Å². The number of para-hydroxylation sites is 1. The van der Waals surface area contributed by atoms with Crippen molar-refractivity contribution >= 4 is 10.9 Å². The molecule has 2 unspecified atom stereocenters. The van der Waals surface area contributed by atoms with E-state index < -0.39 is 5.60 Å². The third-order valence-corrected chi connectivity index (χ3v) is 5.09. The molecule has 2 aromatic rings. The van der Waals surface area contributed by atoms with Crippen molar-refractivity contribution in [2.45, 2.75) is 45.3 Å². The summed E-state index contributed by atoms with van der Waals surface area (Å²) in [6.45, 7) is 8.21. The maximum Gasteiger partial charge on any atom is 0.109 e. The predicted molar refractivity (Wildman–Crippen MR) is 93.6 cm³/mol. The summed E-state index contributed by atoms with van der Waals surface area (Å²) < 4.78 is 6.29. The molecule has 1 aromatic carbocycles. The Labute approximate surface area is 138 Å². The molecule has 0 saturated carbocycles. The average Bonchev–Trinajstić information content (AvgIpc) is 2.92. The number of nitrogens with one attached hydrogen (secondary N) is 2. The van der Waals surface area contributed by atoms with Crippen molar-refractivity contribution in [2.24, 2.45) is 5.92 Å². The summed E-state index contributed by atoms with van der Waals surface area (Å²) in [4.78, 5) is 3.60. The summed E-state index contributed by atoms with van der Waals surface area (Å²) in [6, 6.07) is 8.89. The van der Waals surface area contributed by atoms with Gasteiger partial charge >= 0.3 is 0 Å². The molecular formula is C19H28N2O2. The molecule has 2 atom stereocenters. The first kappa shape index (κ1) is 16.5. The van der Waals surface area contributed by atoms with Gasteiger partial charge < -0.3 is 20.1 Å². The molecule has 126 valence electrons. The van der Waals surface area contributed by atoms with Gasteiger partial charge in [-0.25, -0.2) is 0 Å². The van der Waals surface area contributed by atoms with E-state index in [-0.39, 0.29) is 12.5 Å². The maximum absolute atomic E-state index is 9.54. The minimum absolute atomic E-state index is 0.180. The summed E-state index contributed by atoms with van der Waals surface area (Å²) in [7, 11) is 0. The van der Waals surface area contributed by atoms with E-state index in [0.717, 1.165) is 26.0 Å². The summed E-state index contributed by atoms with van der Waals surface area (Å²) >= 11 is 0. The van der Waals surface area contributed by atoms with E-state index in [2.05, 4.69) is 55.3 Å². The molecule has 0 fully saturated rings. The molecule has 4 nitrogen and oxygen atoms in total. The fourth-order valence-corrected chi connectivity index (χ4v) is 3.75. The first-order chi connectivity index (χ1) is 11.1. The Bertz CT molecular complexity index is 664. The summed E-state index contributed by atoms with van der Waals surface area (Å²) in [5.41, 5.74) is 3.35. The SMILES string of the molecule is CC(C)NCC(CCO)C1(C)OCCc2c1[nH]c1ccccc21. The zero-order valence-corrected chi connectivity index (χ0v) is 14.4.